The summed E-state index contributed by atoms with van der Waals surface area (Å²) in [5.74, 6) is 0. The summed E-state index contributed by atoms with van der Waals surface area (Å²) in [5.41, 5.74) is 0. The number of hydrogen-bond donors (Lipinski definition) is 0. The summed E-state index contributed by atoms with van der Waals surface area (Å²) in [7, 11) is 0. The minimum absolute atomic E-state index is 0. The Hall–Kier alpha value is -0.552. The molecule has 0 aromatic heterocycles. The summed E-state index contributed by atoms with van der Waals surface area (Å²) >= 11 is 21.7. The first kappa shape index (κ1) is 52.4. The maximum atomic E-state index is 5.43. The van der Waals surface area contributed by atoms with Crippen molar-refractivity contribution in [3.8, 4) is 0 Å². The molecule has 0 atom stereocenters. The molecule has 4 saturated heterocycles. The van der Waals surface area contributed by atoms with Gasteiger partial charge in [0.25, 0.3) is 0 Å². The van der Waals surface area contributed by atoms with Crippen LogP contribution in [0.15, 0.2) is 0 Å². The van der Waals surface area contributed by atoms with E-state index in [-0.39, 0.29) is 21.1 Å². The Bertz CT molecular complexity index is 760. The Kier molecular flexibility index (Phi) is 32.2. The standard InChI is InChI=1S/4C10H20N2S.Pt/c4*1-3-6-11-8-5-9-12(7-4-2)10(11)13;/h4*3-9H2,1-2H3;. The Morgan fingerprint density at radius 3 is 0.491 bits per heavy atom. The van der Waals surface area contributed by atoms with Gasteiger partial charge in [0, 0.05) is 126 Å². The van der Waals surface area contributed by atoms with Crippen molar-refractivity contribution in [1.29, 1.82) is 0 Å². The fourth-order valence-electron chi connectivity index (χ4n) is 7.19. The number of rotatable bonds is 16. The van der Waals surface area contributed by atoms with E-state index in [2.05, 4.69) is 94.6 Å². The van der Waals surface area contributed by atoms with Crippen molar-refractivity contribution in [3.63, 3.8) is 0 Å². The van der Waals surface area contributed by atoms with Gasteiger partial charge in [-0.15, -0.1) is 0 Å². The van der Waals surface area contributed by atoms with Crippen LogP contribution in [-0.2, 0) is 21.1 Å². The molecule has 4 rings (SSSR count). The second-order valence-electron chi connectivity index (χ2n) is 14.4. The monoisotopic (exact) mass is 996 g/mol. The molecule has 0 bridgehead atoms. The summed E-state index contributed by atoms with van der Waals surface area (Å²) in [5, 5.41) is 4.31. The average molecular weight is 996 g/mol. The number of nitrogens with zero attached hydrogens (tertiary/aromatic N) is 8. The molecular formula is C40H80N8PtS4. The van der Waals surface area contributed by atoms with Gasteiger partial charge in [0.2, 0.25) is 0 Å². The van der Waals surface area contributed by atoms with E-state index in [4.69, 9.17) is 48.9 Å². The summed E-state index contributed by atoms with van der Waals surface area (Å²) in [6.07, 6.45) is 14.6. The average Bonchev–Trinajstić information content (AvgIpc) is 3.13. The molecular weight excluding hydrogens is 916 g/mol. The Labute approximate surface area is 364 Å². The molecule has 4 heterocycles. The minimum Gasteiger partial charge on any atom is -0.349 e. The Morgan fingerprint density at radius 2 is 0.396 bits per heavy atom. The fraction of sp³-hybridized carbons (Fsp3) is 0.900. The van der Waals surface area contributed by atoms with Crippen molar-refractivity contribution in [2.75, 3.05) is 105 Å². The van der Waals surface area contributed by atoms with E-state index in [1.807, 2.05) is 0 Å². The molecule has 314 valence electrons. The second-order valence-corrected chi connectivity index (χ2v) is 15.9. The molecule has 0 N–H and O–H groups in total. The van der Waals surface area contributed by atoms with Crippen LogP contribution >= 0.6 is 48.9 Å². The Morgan fingerprint density at radius 1 is 0.283 bits per heavy atom. The molecule has 4 aliphatic rings. The third-order valence-electron chi connectivity index (χ3n) is 9.54. The molecule has 0 aliphatic carbocycles. The van der Waals surface area contributed by atoms with Crippen molar-refractivity contribution in [3.05, 3.63) is 0 Å². The summed E-state index contributed by atoms with van der Waals surface area (Å²) in [6.45, 7) is 35.9. The van der Waals surface area contributed by atoms with Gasteiger partial charge in [-0.1, -0.05) is 55.4 Å². The first-order valence-electron chi connectivity index (χ1n) is 21.3. The van der Waals surface area contributed by atoms with E-state index >= 15 is 0 Å². The quantitative estimate of drug-likeness (QED) is 0.139. The third-order valence-corrected chi connectivity index (χ3v) is 11.6. The van der Waals surface area contributed by atoms with Crippen LogP contribution in [0.2, 0.25) is 0 Å². The normalized spacial score (nSPS) is 17.8. The van der Waals surface area contributed by atoms with Gasteiger partial charge in [-0.2, -0.15) is 0 Å². The third kappa shape index (κ3) is 19.9. The van der Waals surface area contributed by atoms with Crippen molar-refractivity contribution in [1.82, 2.24) is 39.2 Å². The van der Waals surface area contributed by atoms with Crippen molar-refractivity contribution in [2.45, 2.75) is 132 Å². The van der Waals surface area contributed by atoms with Gasteiger partial charge in [-0.25, -0.2) is 0 Å². The predicted octanol–water partition coefficient (Wildman–Crippen LogP) is 8.39. The SMILES string of the molecule is CCCN1CCCN(CCC)C1=S.CCCN1CCCN(CCC)C1=S.CCCN1CCCN(CCC)C1=S.CCCN1CCCN(CCC)C1=S.[Pt]. The van der Waals surface area contributed by atoms with Gasteiger partial charge in [-0.3, -0.25) is 0 Å². The van der Waals surface area contributed by atoms with Gasteiger partial charge in [0.1, 0.15) is 0 Å². The maximum Gasteiger partial charge on any atom is 0.171 e. The van der Waals surface area contributed by atoms with Crippen LogP contribution < -0.4 is 0 Å². The number of thiocarbonyl (C=S) groups is 4. The maximum absolute atomic E-state index is 5.43. The topological polar surface area (TPSA) is 25.9 Å². The first-order chi connectivity index (χ1) is 25.2. The summed E-state index contributed by atoms with van der Waals surface area (Å²) in [6, 6.07) is 0. The largest absolute Gasteiger partial charge is 0.349 e. The molecule has 0 aromatic rings. The van der Waals surface area contributed by atoms with E-state index in [1.54, 1.807) is 0 Å². The van der Waals surface area contributed by atoms with E-state index in [0.717, 1.165) is 125 Å². The molecule has 0 aromatic carbocycles. The van der Waals surface area contributed by atoms with Crippen LogP contribution in [-0.4, -0.2) is 164 Å². The van der Waals surface area contributed by atoms with Crippen LogP contribution in [0.25, 0.3) is 0 Å². The zero-order valence-corrected chi connectivity index (χ0v) is 40.9. The number of hydrogen-bond acceptors (Lipinski definition) is 4. The van der Waals surface area contributed by atoms with Gasteiger partial charge in [0.05, 0.1) is 0 Å². The van der Waals surface area contributed by atoms with Gasteiger partial charge in [-0.05, 0) is 126 Å². The van der Waals surface area contributed by atoms with Crippen molar-refractivity contribution >= 4 is 69.3 Å². The van der Waals surface area contributed by atoms with Gasteiger partial charge < -0.3 is 39.2 Å². The summed E-state index contributed by atoms with van der Waals surface area (Å²) in [4.78, 5) is 18.7. The van der Waals surface area contributed by atoms with E-state index < -0.39 is 0 Å². The van der Waals surface area contributed by atoms with Crippen LogP contribution in [0, 0.1) is 0 Å². The zero-order chi connectivity index (χ0) is 38.7. The van der Waals surface area contributed by atoms with Gasteiger partial charge in [0.15, 0.2) is 20.4 Å². The smallest absolute Gasteiger partial charge is 0.171 e. The zero-order valence-electron chi connectivity index (χ0n) is 35.3. The molecule has 8 nitrogen and oxygen atoms in total. The van der Waals surface area contributed by atoms with Crippen LogP contribution in [0.4, 0.5) is 0 Å². The molecule has 0 amide bonds. The molecule has 4 aliphatic heterocycles. The predicted molar refractivity (Wildman–Crippen MR) is 244 cm³/mol. The van der Waals surface area contributed by atoms with Crippen LogP contribution in [0.1, 0.15) is 132 Å². The first-order valence-corrected chi connectivity index (χ1v) is 23.0. The van der Waals surface area contributed by atoms with Gasteiger partial charge >= 0.3 is 0 Å². The minimum atomic E-state index is 0. The van der Waals surface area contributed by atoms with E-state index in [0.29, 0.717) is 0 Å². The molecule has 0 unspecified atom stereocenters. The van der Waals surface area contributed by atoms with E-state index in [1.165, 1.54) is 77.0 Å². The summed E-state index contributed by atoms with van der Waals surface area (Å²) < 4.78 is 0. The second kappa shape index (κ2) is 32.5. The molecule has 53 heavy (non-hydrogen) atoms. The van der Waals surface area contributed by atoms with E-state index in [9.17, 15) is 0 Å². The molecule has 13 heteroatoms. The van der Waals surface area contributed by atoms with Crippen molar-refractivity contribution in [2.24, 2.45) is 0 Å². The fourth-order valence-corrected chi connectivity index (χ4v) is 8.65. The van der Waals surface area contributed by atoms with Crippen LogP contribution in [0.3, 0.4) is 0 Å². The Balaban J connectivity index is 0.000000676. The molecule has 4 fully saturated rings. The molecule has 0 spiro atoms. The van der Waals surface area contributed by atoms with Crippen LogP contribution in [0.5, 0.6) is 0 Å². The van der Waals surface area contributed by atoms with Crippen molar-refractivity contribution < 1.29 is 21.1 Å². The molecule has 0 saturated carbocycles. The molecule has 0 radical (unpaired) electrons.